The average molecular weight is 321 g/mol. The smallest absolute Gasteiger partial charge is 0.261 e. The summed E-state index contributed by atoms with van der Waals surface area (Å²) in [5, 5.41) is 0. The summed E-state index contributed by atoms with van der Waals surface area (Å²) in [4.78, 5) is 0.0795. The standard InChI is InChI=1S/C14H21ClO4S/c1-10(9-18-5)19-13-7-6-11(20(15,16)17)8-12(13)14(2,3)4/h6-8,10H,9H2,1-5H3. The van der Waals surface area contributed by atoms with Crippen LogP contribution in [0.3, 0.4) is 0 Å². The summed E-state index contributed by atoms with van der Waals surface area (Å²) >= 11 is 0. The highest BCUT2D eigenvalue weighted by Crippen LogP contribution is 2.34. The second-order valence-corrected chi connectivity index (χ2v) is 8.30. The summed E-state index contributed by atoms with van der Waals surface area (Å²) in [6, 6.07) is 4.66. The van der Waals surface area contributed by atoms with Gasteiger partial charge in [0.15, 0.2) is 0 Å². The Morgan fingerprint density at radius 2 is 1.90 bits per heavy atom. The maximum atomic E-state index is 11.5. The van der Waals surface area contributed by atoms with Gasteiger partial charge in [0.1, 0.15) is 11.9 Å². The normalized spacial score (nSPS) is 14.1. The molecule has 0 aliphatic carbocycles. The molecular formula is C14H21ClO4S. The third kappa shape index (κ3) is 4.65. The van der Waals surface area contributed by atoms with E-state index in [0.717, 1.165) is 5.56 Å². The number of hydrogen-bond donors (Lipinski definition) is 0. The number of ether oxygens (including phenoxy) is 2. The third-order valence-corrected chi connectivity index (χ3v) is 4.12. The molecule has 0 saturated carbocycles. The second-order valence-electron chi connectivity index (χ2n) is 5.73. The van der Waals surface area contributed by atoms with Crippen LogP contribution in [0.25, 0.3) is 0 Å². The molecule has 4 nitrogen and oxygen atoms in total. The van der Waals surface area contributed by atoms with Gasteiger partial charge >= 0.3 is 0 Å². The maximum absolute atomic E-state index is 11.5. The molecule has 0 aromatic heterocycles. The van der Waals surface area contributed by atoms with Crippen LogP contribution in [0, 0.1) is 0 Å². The highest BCUT2D eigenvalue weighted by atomic mass is 35.7. The molecule has 114 valence electrons. The van der Waals surface area contributed by atoms with Gasteiger partial charge in [-0.2, -0.15) is 0 Å². The molecule has 0 radical (unpaired) electrons. The summed E-state index contributed by atoms with van der Waals surface area (Å²) in [7, 11) is 3.26. The van der Waals surface area contributed by atoms with E-state index in [0.29, 0.717) is 12.4 Å². The lowest BCUT2D eigenvalue weighted by Gasteiger charge is -2.25. The van der Waals surface area contributed by atoms with Crippen molar-refractivity contribution < 1.29 is 17.9 Å². The molecule has 0 saturated heterocycles. The molecule has 0 spiro atoms. The molecule has 0 aliphatic heterocycles. The molecule has 6 heteroatoms. The van der Waals surface area contributed by atoms with Crippen LogP contribution >= 0.6 is 10.7 Å². The van der Waals surface area contributed by atoms with Gasteiger partial charge in [-0.3, -0.25) is 0 Å². The van der Waals surface area contributed by atoms with Crippen molar-refractivity contribution in [2.45, 2.75) is 44.1 Å². The second kappa shape index (κ2) is 6.33. The highest BCUT2D eigenvalue weighted by Gasteiger charge is 2.23. The fourth-order valence-electron chi connectivity index (χ4n) is 1.84. The largest absolute Gasteiger partial charge is 0.488 e. The van der Waals surface area contributed by atoms with Crippen LogP contribution in [0.5, 0.6) is 5.75 Å². The lowest BCUT2D eigenvalue weighted by atomic mass is 9.86. The Kier molecular flexibility index (Phi) is 5.46. The molecule has 0 aliphatic rings. The Hall–Kier alpha value is -0.780. The predicted octanol–water partition coefficient (Wildman–Crippen LogP) is 3.33. The van der Waals surface area contributed by atoms with E-state index in [1.54, 1.807) is 19.2 Å². The molecular weight excluding hydrogens is 300 g/mol. The molecule has 1 atom stereocenters. The van der Waals surface area contributed by atoms with E-state index in [2.05, 4.69) is 0 Å². The van der Waals surface area contributed by atoms with Crippen molar-refractivity contribution in [1.82, 2.24) is 0 Å². The first-order valence-corrected chi connectivity index (χ1v) is 8.61. The molecule has 1 unspecified atom stereocenters. The first kappa shape index (κ1) is 17.3. The fraction of sp³-hybridized carbons (Fsp3) is 0.571. The van der Waals surface area contributed by atoms with Gasteiger partial charge in [-0.05, 0) is 30.5 Å². The average Bonchev–Trinajstić information content (AvgIpc) is 2.26. The van der Waals surface area contributed by atoms with Crippen LogP contribution in [-0.4, -0.2) is 28.2 Å². The minimum atomic E-state index is -3.75. The van der Waals surface area contributed by atoms with Crippen molar-refractivity contribution in [2.75, 3.05) is 13.7 Å². The van der Waals surface area contributed by atoms with E-state index >= 15 is 0 Å². The Bertz CT molecular complexity index is 561. The summed E-state index contributed by atoms with van der Waals surface area (Å²) < 4.78 is 33.8. The zero-order chi connectivity index (χ0) is 15.6. The van der Waals surface area contributed by atoms with Crippen LogP contribution < -0.4 is 4.74 Å². The Morgan fingerprint density at radius 1 is 1.30 bits per heavy atom. The molecule has 0 N–H and O–H groups in total. The van der Waals surface area contributed by atoms with Crippen LogP contribution in [0.15, 0.2) is 23.1 Å². The van der Waals surface area contributed by atoms with Gasteiger partial charge in [0.2, 0.25) is 0 Å². The summed E-state index contributed by atoms with van der Waals surface area (Å²) in [5.41, 5.74) is 0.530. The Balaban J connectivity index is 3.25. The maximum Gasteiger partial charge on any atom is 0.261 e. The molecule has 0 bridgehead atoms. The molecule has 0 amide bonds. The molecule has 20 heavy (non-hydrogen) atoms. The molecule has 0 fully saturated rings. The van der Waals surface area contributed by atoms with Gasteiger partial charge in [0, 0.05) is 23.4 Å². The van der Waals surface area contributed by atoms with Gasteiger partial charge in [-0.15, -0.1) is 0 Å². The van der Waals surface area contributed by atoms with E-state index < -0.39 is 9.05 Å². The first-order valence-electron chi connectivity index (χ1n) is 6.30. The topological polar surface area (TPSA) is 52.6 Å². The van der Waals surface area contributed by atoms with Gasteiger partial charge in [0.05, 0.1) is 11.5 Å². The summed E-state index contributed by atoms with van der Waals surface area (Å²) in [5.74, 6) is 0.645. The highest BCUT2D eigenvalue weighted by molar-refractivity contribution is 8.13. The number of hydrogen-bond acceptors (Lipinski definition) is 4. The monoisotopic (exact) mass is 320 g/mol. The summed E-state index contributed by atoms with van der Waals surface area (Å²) in [6.07, 6.45) is -0.125. The zero-order valence-corrected chi connectivity index (χ0v) is 14.0. The van der Waals surface area contributed by atoms with E-state index in [1.165, 1.54) is 6.07 Å². The fourth-order valence-corrected chi connectivity index (χ4v) is 2.61. The lowest BCUT2D eigenvalue weighted by molar-refractivity contribution is 0.0907. The van der Waals surface area contributed by atoms with E-state index in [-0.39, 0.29) is 16.4 Å². The Labute approximate surface area is 125 Å². The SMILES string of the molecule is COCC(C)Oc1ccc(S(=O)(=O)Cl)cc1C(C)(C)C. The minimum absolute atomic E-state index is 0.0795. The predicted molar refractivity (Wildman–Crippen MR) is 80.1 cm³/mol. The molecule has 1 rings (SSSR count). The van der Waals surface area contributed by atoms with Crippen LogP contribution in [0.4, 0.5) is 0 Å². The molecule has 1 aromatic carbocycles. The van der Waals surface area contributed by atoms with Crippen molar-refractivity contribution in [1.29, 1.82) is 0 Å². The van der Waals surface area contributed by atoms with Crippen molar-refractivity contribution in [3.8, 4) is 5.75 Å². The van der Waals surface area contributed by atoms with Gasteiger partial charge in [-0.25, -0.2) is 8.42 Å². The van der Waals surface area contributed by atoms with Crippen LogP contribution in [0.2, 0.25) is 0 Å². The molecule has 0 heterocycles. The lowest BCUT2D eigenvalue weighted by Crippen LogP contribution is -2.21. The van der Waals surface area contributed by atoms with Crippen molar-refractivity contribution >= 4 is 19.7 Å². The van der Waals surface area contributed by atoms with Crippen LogP contribution in [-0.2, 0) is 19.2 Å². The number of rotatable bonds is 5. The number of methoxy groups -OCH3 is 1. The first-order chi connectivity index (χ1) is 9.05. The zero-order valence-electron chi connectivity index (χ0n) is 12.4. The number of halogens is 1. The van der Waals surface area contributed by atoms with E-state index in [1.807, 2.05) is 27.7 Å². The molecule has 1 aromatic rings. The summed E-state index contributed by atoms with van der Waals surface area (Å²) in [6.45, 7) is 8.31. The van der Waals surface area contributed by atoms with Crippen molar-refractivity contribution in [3.63, 3.8) is 0 Å². The Morgan fingerprint density at radius 3 is 2.35 bits per heavy atom. The van der Waals surface area contributed by atoms with Gasteiger partial charge in [-0.1, -0.05) is 20.8 Å². The quantitative estimate of drug-likeness (QED) is 0.781. The van der Waals surface area contributed by atoms with Gasteiger partial charge < -0.3 is 9.47 Å². The van der Waals surface area contributed by atoms with Crippen molar-refractivity contribution in [3.05, 3.63) is 23.8 Å². The van der Waals surface area contributed by atoms with Crippen LogP contribution in [0.1, 0.15) is 33.3 Å². The van der Waals surface area contributed by atoms with Crippen molar-refractivity contribution in [2.24, 2.45) is 0 Å². The van der Waals surface area contributed by atoms with E-state index in [9.17, 15) is 8.42 Å². The number of benzene rings is 1. The van der Waals surface area contributed by atoms with E-state index in [4.69, 9.17) is 20.2 Å². The third-order valence-electron chi connectivity index (χ3n) is 2.77. The van der Waals surface area contributed by atoms with Gasteiger partial charge in [0.25, 0.3) is 9.05 Å². The minimum Gasteiger partial charge on any atom is -0.488 e.